The summed E-state index contributed by atoms with van der Waals surface area (Å²) in [5, 5.41) is 21.3. The van der Waals surface area contributed by atoms with Gasteiger partial charge in [-0.05, 0) is 45.2 Å². The second-order valence-corrected chi connectivity index (χ2v) is 7.64. The highest BCUT2D eigenvalue weighted by atomic mass is 32.1. The van der Waals surface area contributed by atoms with Crippen molar-refractivity contribution in [2.24, 2.45) is 0 Å². The molecular formula is C19H24N6OS. The van der Waals surface area contributed by atoms with Crippen LogP contribution in [0.2, 0.25) is 0 Å². The van der Waals surface area contributed by atoms with Gasteiger partial charge in [-0.25, -0.2) is 0 Å². The van der Waals surface area contributed by atoms with Crippen LogP contribution < -0.4 is 5.32 Å². The molecule has 142 valence electrons. The minimum atomic E-state index is -0.323. The van der Waals surface area contributed by atoms with Crippen LogP contribution in [0.4, 0.5) is 5.13 Å². The number of nitrogens with one attached hydrogen (secondary N) is 1. The normalized spacial score (nSPS) is 11.2. The van der Waals surface area contributed by atoms with Crippen molar-refractivity contribution in [2.75, 3.05) is 5.32 Å². The van der Waals surface area contributed by atoms with E-state index in [0.29, 0.717) is 16.7 Å². The first-order valence-corrected chi connectivity index (χ1v) is 9.90. The van der Waals surface area contributed by atoms with Gasteiger partial charge in [-0.15, -0.1) is 15.3 Å². The van der Waals surface area contributed by atoms with E-state index in [-0.39, 0.29) is 11.6 Å². The van der Waals surface area contributed by atoms with Gasteiger partial charge in [-0.3, -0.25) is 10.1 Å². The summed E-state index contributed by atoms with van der Waals surface area (Å²) >= 11 is 1.42. The number of aromatic nitrogens is 5. The zero-order valence-electron chi connectivity index (χ0n) is 16.3. The second kappa shape index (κ2) is 7.96. The van der Waals surface area contributed by atoms with E-state index in [1.165, 1.54) is 21.7 Å². The molecule has 0 aliphatic rings. The Labute approximate surface area is 162 Å². The van der Waals surface area contributed by atoms with Crippen LogP contribution in [-0.4, -0.2) is 31.1 Å². The van der Waals surface area contributed by atoms with Crippen molar-refractivity contribution in [3.63, 3.8) is 0 Å². The molecule has 0 atom stereocenters. The number of carbonyl (C=O) groups excluding carboxylic acids is 1. The van der Waals surface area contributed by atoms with E-state index in [9.17, 15) is 4.79 Å². The molecule has 2 aromatic heterocycles. The highest BCUT2D eigenvalue weighted by Crippen LogP contribution is 2.28. The van der Waals surface area contributed by atoms with E-state index in [0.717, 1.165) is 29.1 Å². The zero-order chi connectivity index (χ0) is 19.6. The first-order chi connectivity index (χ1) is 12.9. The fourth-order valence-electron chi connectivity index (χ4n) is 2.97. The summed E-state index contributed by atoms with van der Waals surface area (Å²) in [5.74, 6) is 0.0519. The SMILES string of the molecule is CCC(CC)c1nnc(NC(=O)c2nn(-c3ccc(C)cc3C)nc2C)s1. The Morgan fingerprint density at radius 3 is 2.56 bits per heavy atom. The number of aryl methyl sites for hydroxylation is 3. The van der Waals surface area contributed by atoms with Crippen LogP contribution in [-0.2, 0) is 0 Å². The average Bonchev–Trinajstić information content (AvgIpc) is 3.23. The third-order valence-electron chi connectivity index (χ3n) is 4.56. The number of benzene rings is 1. The van der Waals surface area contributed by atoms with Crippen molar-refractivity contribution in [1.29, 1.82) is 0 Å². The number of rotatable bonds is 6. The van der Waals surface area contributed by atoms with Gasteiger partial charge in [0.2, 0.25) is 5.13 Å². The van der Waals surface area contributed by atoms with Gasteiger partial charge in [0.15, 0.2) is 5.69 Å². The largest absolute Gasteiger partial charge is 0.295 e. The summed E-state index contributed by atoms with van der Waals surface area (Å²) in [6.07, 6.45) is 2.00. The van der Waals surface area contributed by atoms with Gasteiger partial charge in [0.05, 0.1) is 11.4 Å². The van der Waals surface area contributed by atoms with Crippen molar-refractivity contribution >= 4 is 22.4 Å². The molecule has 0 aliphatic carbocycles. The standard InChI is InChI=1S/C19H24N6OS/c1-6-14(7-2)18-21-22-19(27-18)20-17(26)16-13(5)23-25(24-16)15-9-8-11(3)10-12(15)4/h8-10,14H,6-7H2,1-5H3,(H,20,22,26). The predicted octanol–water partition coefficient (Wildman–Crippen LogP) is 4.20. The first kappa shape index (κ1) is 19.2. The molecule has 3 rings (SSSR count). The van der Waals surface area contributed by atoms with Crippen LogP contribution in [0, 0.1) is 20.8 Å². The fourth-order valence-corrected chi connectivity index (χ4v) is 3.98. The molecule has 1 amide bonds. The summed E-state index contributed by atoms with van der Waals surface area (Å²) in [6.45, 7) is 10.1. The second-order valence-electron chi connectivity index (χ2n) is 6.63. The summed E-state index contributed by atoms with van der Waals surface area (Å²) in [7, 11) is 0. The number of amides is 1. The van der Waals surface area contributed by atoms with Crippen LogP contribution in [0.5, 0.6) is 0 Å². The van der Waals surface area contributed by atoms with Crippen LogP contribution in [0.1, 0.15) is 64.9 Å². The van der Waals surface area contributed by atoms with Crippen LogP contribution in [0.15, 0.2) is 18.2 Å². The molecule has 0 unspecified atom stereocenters. The van der Waals surface area contributed by atoms with Crippen molar-refractivity contribution in [1.82, 2.24) is 25.2 Å². The molecule has 7 nitrogen and oxygen atoms in total. The summed E-state index contributed by atoms with van der Waals surface area (Å²) in [4.78, 5) is 14.2. The van der Waals surface area contributed by atoms with Crippen LogP contribution >= 0.6 is 11.3 Å². The average molecular weight is 385 g/mol. The molecule has 2 heterocycles. The molecule has 1 aromatic carbocycles. The number of anilines is 1. The number of carbonyl (C=O) groups is 1. The Kier molecular flexibility index (Phi) is 5.65. The van der Waals surface area contributed by atoms with Gasteiger partial charge in [0, 0.05) is 5.92 Å². The van der Waals surface area contributed by atoms with Gasteiger partial charge in [-0.1, -0.05) is 42.9 Å². The van der Waals surface area contributed by atoms with E-state index in [1.807, 2.05) is 26.0 Å². The van der Waals surface area contributed by atoms with Gasteiger partial charge < -0.3 is 0 Å². The minimum Gasteiger partial charge on any atom is -0.295 e. The Balaban J connectivity index is 1.81. The summed E-state index contributed by atoms with van der Waals surface area (Å²) < 4.78 is 0. The number of nitrogens with zero attached hydrogens (tertiary/aromatic N) is 5. The lowest BCUT2D eigenvalue weighted by Gasteiger charge is -2.05. The Bertz CT molecular complexity index is 957. The maximum Gasteiger partial charge on any atom is 0.279 e. The third-order valence-corrected chi connectivity index (χ3v) is 5.56. The van der Waals surface area contributed by atoms with Crippen molar-refractivity contribution in [2.45, 2.75) is 53.4 Å². The third kappa shape index (κ3) is 4.05. The molecule has 0 spiro atoms. The highest BCUT2D eigenvalue weighted by molar-refractivity contribution is 7.15. The van der Waals surface area contributed by atoms with Crippen molar-refractivity contribution < 1.29 is 4.79 Å². The molecule has 0 saturated heterocycles. The highest BCUT2D eigenvalue weighted by Gasteiger charge is 2.20. The lowest BCUT2D eigenvalue weighted by Crippen LogP contribution is -2.14. The summed E-state index contributed by atoms with van der Waals surface area (Å²) in [6, 6.07) is 6.02. The van der Waals surface area contributed by atoms with Crippen molar-refractivity contribution in [3.8, 4) is 5.69 Å². The van der Waals surface area contributed by atoms with Gasteiger partial charge >= 0.3 is 0 Å². The zero-order valence-corrected chi connectivity index (χ0v) is 17.1. The first-order valence-electron chi connectivity index (χ1n) is 9.09. The van der Waals surface area contributed by atoms with Gasteiger partial charge in [0.25, 0.3) is 5.91 Å². The van der Waals surface area contributed by atoms with Crippen molar-refractivity contribution in [3.05, 3.63) is 45.7 Å². The van der Waals surface area contributed by atoms with E-state index < -0.39 is 0 Å². The molecule has 0 saturated carbocycles. The van der Waals surface area contributed by atoms with E-state index >= 15 is 0 Å². The van der Waals surface area contributed by atoms with E-state index in [4.69, 9.17) is 0 Å². The minimum absolute atomic E-state index is 0.286. The Morgan fingerprint density at radius 1 is 1.15 bits per heavy atom. The van der Waals surface area contributed by atoms with Crippen LogP contribution in [0.25, 0.3) is 5.69 Å². The Hall–Kier alpha value is -2.61. The number of hydrogen-bond donors (Lipinski definition) is 1. The lowest BCUT2D eigenvalue weighted by atomic mass is 10.1. The monoisotopic (exact) mass is 384 g/mol. The maximum atomic E-state index is 12.6. The lowest BCUT2D eigenvalue weighted by molar-refractivity contribution is 0.102. The predicted molar refractivity (Wildman–Crippen MR) is 107 cm³/mol. The van der Waals surface area contributed by atoms with Gasteiger partial charge in [-0.2, -0.15) is 9.90 Å². The molecule has 27 heavy (non-hydrogen) atoms. The molecule has 0 bridgehead atoms. The molecule has 0 fully saturated rings. The molecule has 8 heteroatoms. The summed E-state index contributed by atoms with van der Waals surface area (Å²) in [5.41, 5.74) is 3.93. The van der Waals surface area contributed by atoms with E-state index in [2.05, 4.69) is 45.6 Å². The molecule has 0 aliphatic heterocycles. The van der Waals surface area contributed by atoms with E-state index in [1.54, 1.807) is 6.92 Å². The quantitative estimate of drug-likeness (QED) is 0.688. The number of hydrogen-bond acceptors (Lipinski definition) is 6. The Morgan fingerprint density at radius 2 is 1.89 bits per heavy atom. The molecule has 3 aromatic rings. The van der Waals surface area contributed by atoms with Crippen LogP contribution in [0.3, 0.4) is 0 Å². The smallest absolute Gasteiger partial charge is 0.279 e. The molecule has 0 radical (unpaired) electrons. The molecule has 1 N–H and O–H groups in total. The maximum absolute atomic E-state index is 12.6. The molecular weight excluding hydrogens is 360 g/mol. The fraction of sp³-hybridized carbons (Fsp3) is 0.421. The topological polar surface area (TPSA) is 85.6 Å². The van der Waals surface area contributed by atoms with Gasteiger partial charge in [0.1, 0.15) is 5.01 Å².